The van der Waals surface area contributed by atoms with Crippen LogP contribution in [0.5, 0.6) is 0 Å². The van der Waals surface area contributed by atoms with Crippen LogP contribution in [0.1, 0.15) is 73.1 Å². The van der Waals surface area contributed by atoms with Crippen LogP contribution in [-0.4, -0.2) is 47.9 Å². The summed E-state index contributed by atoms with van der Waals surface area (Å²) in [6.07, 6.45) is 3.21. The molecule has 2 aliphatic heterocycles. The third-order valence-corrected chi connectivity index (χ3v) is 6.13. The number of hydroxylamine groups is 1. The van der Waals surface area contributed by atoms with E-state index < -0.39 is 12.3 Å². The summed E-state index contributed by atoms with van der Waals surface area (Å²) in [5, 5.41) is 6.22. The molecule has 172 valence electrons. The van der Waals surface area contributed by atoms with Gasteiger partial charge in [0.1, 0.15) is 12.3 Å². The monoisotopic (exact) mass is 426 g/mol. The van der Waals surface area contributed by atoms with Crippen molar-refractivity contribution in [1.29, 1.82) is 0 Å². The molecule has 2 saturated heterocycles. The zero-order chi connectivity index (χ0) is 21.9. The van der Waals surface area contributed by atoms with Crippen molar-refractivity contribution >= 4 is 11.9 Å². The number of carbonyl (C=O) groups is 1. The molecule has 4 atom stereocenters. The van der Waals surface area contributed by atoms with E-state index in [9.17, 15) is 9.18 Å². The molecule has 3 fully saturated rings. The minimum absolute atomic E-state index is 0.158. The summed E-state index contributed by atoms with van der Waals surface area (Å²) in [6, 6.07) is 0.435. The van der Waals surface area contributed by atoms with Crippen LogP contribution >= 0.6 is 0 Å². The van der Waals surface area contributed by atoms with E-state index in [1.807, 2.05) is 20.8 Å². The average molecular weight is 427 g/mol. The number of hydrazine groups is 1. The molecule has 3 rings (SSSR count). The number of nitrogens with zero attached hydrogens (tertiary/aromatic N) is 1. The van der Waals surface area contributed by atoms with Crippen LogP contribution in [0.25, 0.3) is 0 Å². The number of aliphatic imine (C=N–C) groups is 1. The Labute approximate surface area is 179 Å². The number of rotatable bonds is 4. The van der Waals surface area contributed by atoms with E-state index in [1.165, 1.54) is 0 Å². The Hall–Kier alpha value is -1.29. The van der Waals surface area contributed by atoms with Crippen molar-refractivity contribution < 1.29 is 14.0 Å². The zero-order valence-corrected chi connectivity index (χ0v) is 18.9. The Kier molecular flexibility index (Phi) is 7.71. The van der Waals surface area contributed by atoms with Crippen molar-refractivity contribution in [1.82, 2.24) is 27.0 Å². The molecule has 1 amide bonds. The molecule has 0 aromatic heterocycles. The first kappa shape index (κ1) is 23.4. The van der Waals surface area contributed by atoms with Gasteiger partial charge in [-0.2, -0.15) is 5.48 Å². The quantitative estimate of drug-likeness (QED) is 0.348. The number of nitrogens with one attached hydrogen (secondary N) is 5. The van der Waals surface area contributed by atoms with Crippen LogP contribution in [0.15, 0.2) is 4.99 Å². The first-order chi connectivity index (χ1) is 14.1. The number of amides is 1. The van der Waals surface area contributed by atoms with E-state index >= 15 is 0 Å². The fourth-order valence-corrected chi connectivity index (χ4v) is 4.31. The lowest BCUT2D eigenvalue weighted by Gasteiger charge is -2.28. The second-order valence-corrected chi connectivity index (χ2v) is 10.3. The highest BCUT2D eigenvalue weighted by Crippen LogP contribution is 2.31. The molecule has 1 saturated carbocycles. The van der Waals surface area contributed by atoms with Gasteiger partial charge in [-0.25, -0.2) is 14.8 Å². The predicted molar refractivity (Wildman–Crippen MR) is 115 cm³/mol. The first-order valence-electron chi connectivity index (χ1n) is 11.3. The van der Waals surface area contributed by atoms with Gasteiger partial charge in [0.15, 0.2) is 12.1 Å². The lowest BCUT2D eigenvalue weighted by Crippen LogP contribution is -2.52. The van der Waals surface area contributed by atoms with E-state index in [-0.39, 0.29) is 29.7 Å². The van der Waals surface area contributed by atoms with Crippen LogP contribution in [-0.2, 0) is 9.63 Å². The Balaban J connectivity index is 1.59. The summed E-state index contributed by atoms with van der Waals surface area (Å²) >= 11 is 0. The van der Waals surface area contributed by atoms with Crippen molar-refractivity contribution in [3.8, 4) is 0 Å². The van der Waals surface area contributed by atoms with Crippen molar-refractivity contribution in [2.45, 2.75) is 109 Å². The smallest absolute Gasteiger partial charge is 0.257 e. The molecule has 3 aliphatic rings. The summed E-state index contributed by atoms with van der Waals surface area (Å²) in [5.74, 6) is 1.09. The number of hydrogen-bond acceptors (Lipinski definition) is 6. The second kappa shape index (κ2) is 9.89. The topological polar surface area (TPSA) is 98.8 Å². The van der Waals surface area contributed by atoms with Gasteiger partial charge in [0.2, 0.25) is 0 Å². The highest BCUT2D eigenvalue weighted by molar-refractivity contribution is 5.99. The standard InChI is InChI=1S/C21H39FN6O2/c1-12(2)15-10-17(30-28-15)19(29)24-20(25-21(3,4)5)23-18-11-16(26-27-18)13-6-8-14(22)9-7-13/h12-18,26-28H,6-11H2,1-5H3,(H2,23,24,25,29). The van der Waals surface area contributed by atoms with Gasteiger partial charge in [0.05, 0.1) is 0 Å². The lowest BCUT2D eigenvalue weighted by atomic mass is 9.82. The summed E-state index contributed by atoms with van der Waals surface area (Å²) < 4.78 is 13.4. The fraction of sp³-hybridized carbons (Fsp3) is 0.905. The Morgan fingerprint density at radius 1 is 1.13 bits per heavy atom. The molecule has 8 nitrogen and oxygen atoms in total. The molecule has 2 heterocycles. The van der Waals surface area contributed by atoms with E-state index in [4.69, 9.17) is 9.83 Å². The fourth-order valence-electron chi connectivity index (χ4n) is 4.31. The van der Waals surface area contributed by atoms with Crippen LogP contribution in [0.3, 0.4) is 0 Å². The Morgan fingerprint density at radius 2 is 1.83 bits per heavy atom. The van der Waals surface area contributed by atoms with Crippen molar-refractivity contribution in [2.24, 2.45) is 16.8 Å². The minimum atomic E-state index is -0.648. The number of halogens is 1. The maximum atomic E-state index is 13.4. The molecule has 30 heavy (non-hydrogen) atoms. The van der Waals surface area contributed by atoms with Crippen LogP contribution in [0.2, 0.25) is 0 Å². The van der Waals surface area contributed by atoms with Crippen molar-refractivity contribution in [2.75, 3.05) is 0 Å². The van der Waals surface area contributed by atoms with Gasteiger partial charge in [-0.15, -0.1) is 0 Å². The summed E-state index contributed by atoms with van der Waals surface area (Å²) in [5.41, 5.74) is 9.26. The Bertz CT molecular complexity index is 615. The molecule has 5 N–H and O–H groups in total. The van der Waals surface area contributed by atoms with Crippen LogP contribution in [0, 0.1) is 11.8 Å². The molecular weight excluding hydrogens is 387 g/mol. The number of alkyl halides is 1. The molecule has 0 spiro atoms. The summed E-state index contributed by atoms with van der Waals surface area (Å²) in [4.78, 5) is 23.0. The SMILES string of the molecule is CC(C)C1CC(C(=O)N/C(=N/C2CC(C3CCC(F)CC3)NN2)NC(C)(C)C)ON1. The van der Waals surface area contributed by atoms with E-state index in [1.54, 1.807) is 0 Å². The van der Waals surface area contributed by atoms with Gasteiger partial charge in [-0.3, -0.25) is 20.4 Å². The highest BCUT2D eigenvalue weighted by Gasteiger charge is 2.35. The predicted octanol–water partition coefficient (Wildman–Crippen LogP) is 1.89. The minimum Gasteiger partial charge on any atom is -0.351 e. The third-order valence-electron chi connectivity index (χ3n) is 6.13. The number of guanidine groups is 1. The van der Waals surface area contributed by atoms with Gasteiger partial charge in [-0.1, -0.05) is 13.8 Å². The third kappa shape index (κ3) is 6.60. The number of carbonyl (C=O) groups excluding carboxylic acids is 1. The summed E-state index contributed by atoms with van der Waals surface area (Å²) in [7, 11) is 0. The van der Waals surface area contributed by atoms with Crippen molar-refractivity contribution in [3.63, 3.8) is 0 Å². The van der Waals surface area contributed by atoms with Crippen LogP contribution in [0.4, 0.5) is 4.39 Å². The van der Waals surface area contributed by atoms with E-state index in [0.717, 1.165) is 19.3 Å². The molecule has 0 aromatic rings. The van der Waals surface area contributed by atoms with Gasteiger partial charge in [0, 0.05) is 30.5 Å². The first-order valence-corrected chi connectivity index (χ1v) is 11.3. The van der Waals surface area contributed by atoms with Gasteiger partial charge < -0.3 is 5.32 Å². The number of hydrogen-bond donors (Lipinski definition) is 5. The van der Waals surface area contributed by atoms with E-state index in [0.29, 0.717) is 37.1 Å². The molecule has 9 heteroatoms. The van der Waals surface area contributed by atoms with Crippen LogP contribution < -0.4 is 27.0 Å². The van der Waals surface area contributed by atoms with Gasteiger partial charge >= 0.3 is 0 Å². The Morgan fingerprint density at radius 3 is 2.43 bits per heavy atom. The lowest BCUT2D eigenvalue weighted by molar-refractivity contribution is -0.131. The molecule has 1 aliphatic carbocycles. The molecular formula is C21H39FN6O2. The van der Waals surface area contributed by atoms with E-state index in [2.05, 4.69) is 40.8 Å². The molecule has 0 radical (unpaired) electrons. The molecule has 0 bridgehead atoms. The van der Waals surface area contributed by atoms with Gasteiger partial charge in [-0.05, 0) is 58.3 Å². The second-order valence-electron chi connectivity index (χ2n) is 10.3. The largest absolute Gasteiger partial charge is 0.351 e. The zero-order valence-electron chi connectivity index (χ0n) is 18.9. The maximum absolute atomic E-state index is 13.4. The maximum Gasteiger partial charge on any atom is 0.257 e. The highest BCUT2D eigenvalue weighted by atomic mass is 19.1. The van der Waals surface area contributed by atoms with Crippen molar-refractivity contribution in [3.05, 3.63) is 0 Å². The molecule has 4 unspecified atom stereocenters. The average Bonchev–Trinajstić information content (AvgIpc) is 3.30. The summed E-state index contributed by atoms with van der Waals surface area (Å²) in [6.45, 7) is 10.3. The normalized spacial score (nSPS) is 35.6. The molecule has 0 aromatic carbocycles. The van der Waals surface area contributed by atoms with Gasteiger partial charge in [0.25, 0.3) is 5.91 Å².